The van der Waals surface area contributed by atoms with Crippen molar-refractivity contribution in [1.29, 1.82) is 0 Å². The molecule has 0 heterocycles. The summed E-state index contributed by atoms with van der Waals surface area (Å²) >= 11 is 0. The Morgan fingerprint density at radius 1 is 1.40 bits per heavy atom. The van der Waals surface area contributed by atoms with Crippen LogP contribution in [0, 0.1) is 11.8 Å². The van der Waals surface area contributed by atoms with Gasteiger partial charge in [0.1, 0.15) is 0 Å². The van der Waals surface area contributed by atoms with Crippen LogP contribution < -0.4 is 0 Å². The van der Waals surface area contributed by atoms with Crippen molar-refractivity contribution in [2.45, 2.75) is 40.0 Å². The molecule has 0 saturated carbocycles. The maximum Gasteiger partial charge on any atom is 0.307 e. The first-order valence-corrected chi connectivity index (χ1v) is 5.88. The monoisotopic (exact) mass is 215 g/mol. The van der Waals surface area contributed by atoms with Crippen molar-refractivity contribution >= 4 is 5.97 Å². The van der Waals surface area contributed by atoms with E-state index in [1.807, 2.05) is 14.0 Å². The van der Waals surface area contributed by atoms with Gasteiger partial charge in [-0.05, 0) is 38.8 Å². The molecular weight excluding hydrogens is 190 g/mol. The van der Waals surface area contributed by atoms with Gasteiger partial charge in [-0.2, -0.15) is 0 Å². The smallest absolute Gasteiger partial charge is 0.307 e. The summed E-state index contributed by atoms with van der Waals surface area (Å²) in [7, 11) is 2.01. The van der Waals surface area contributed by atoms with Crippen LogP contribution >= 0.6 is 0 Å². The fourth-order valence-electron chi connectivity index (χ4n) is 1.62. The van der Waals surface area contributed by atoms with Gasteiger partial charge in [0.25, 0.3) is 0 Å². The molecule has 0 aromatic rings. The molecule has 3 heteroatoms. The third-order valence-electron chi connectivity index (χ3n) is 2.70. The lowest BCUT2D eigenvalue weighted by atomic mass is 10.1. The van der Waals surface area contributed by atoms with Crippen molar-refractivity contribution in [3.63, 3.8) is 0 Å². The van der Waals surface area contributed by atoms with Gasteiger partial charge < -0.3 is 10.0 Å². The SMILES string of the molecule is CCC(CN(C)CCCC(C)C)C(=O)O. The lowest BCUT2D eigenvalue weighted by Crippen LogP contribution is -2.30. The second-order valence-corrected chi connectivity index (χ2v) is 4.74. The van der Waals surface area contributed by atoms with Gasteiger partial charge in [0.05, 0.1) is 5.92 Å². The number of carboxylic acids is 1. The fraction of sp³-hybridized carbons (Fsp3) is 0.917. The molecule has 3 nitrogen and oxygen atoms in total. The molecule has 0 rings (SSSR count). The van der Waals surface area contributed by atoms with Crippen LogP contribution in [0.5, 0.6) is 0 Å². The quantitative estimate of drug-likeness (QED) is 0.676. The molecule has 1 unspecified atom stereocenters. The molecule has 0 aromatic carbocycles. The van der Waals surface area contributed by atoms with Gasteiger partial charge in [-0.25, -0.2) is 0 Å². The van der Waals surface area contributed by atoms with Gasteiger partial charge in [-0.1, -0.05) is 20.8 Å². The Morgan fingerprint density at radius 2 is 2.00 bits per heavy atom. The van der Waals surface area contributed by atoms with Crippen LogP contribution in [-0.2, 0) is 4.79 Å². The van der Waals surface area contributed by atoms with E-state index in [2.05, 4.69) is 18.7 Å². The zero-order valence-electron chi connectivity index (χ0n) is 10.5. The van der Waals surface area contributed by atoms with Crippen molar-refractivity contribution in [2.75, 3.05) is 20.1 Å². The van der Waals surface area contributed by atoms with Crippen LogP contribution in [0.2, 0.25) is 0 Å². The predicted octanol–water partition coefficient (Wildman–Crippen LogP) is 2.47. The number of hydrogen-bond donors (Lipinski definition) is 1. The van der Waals surface area contributed by atoms with E-state index in [-0.39, 0.29) is 5.92 Å². The van der Waals surface area contributed by atoms with Crippen molar-refractivity contribution in [3.8, 4) is 0 Å². The van der Waals surface area contributed by atoms with E-state index in [1.54, 1.807) is 0 Å². The Labute approximate surface area is 93.5 Å². The molecule has 0 radical (unpaired) electrons. The Morgan fingerprint density at radius 3 is 2.40 bits per heavy atom. The number of aliphatic carboxylic acids is 1. The van der Waals surface area contributed by atoms with Crippen LogP contribution in [0.1, 0.15) is 40.0 Å². The third kappa shape index (κ3) is 7.37. The van der Waals surface area contributed by atoms with Gasteiger partial charge >= 0.3 is 5.97 Å². The minimum absolute atomic E-state index is 0.214. The molecular formula is C12H25NO2. The van der Waals surface area contributed by atoms with Crippen molar-refractivity contribution in [3.05, 3.63) is 0 Å². The average molecular weight is 215 g/mol. The molecule has 0 fully saturated rings. The van der Waals surface area contributed by atoms with Crippen molar-refractivity contribution < 1.29 is 9.90 Å². The zero-order chi connectivity index (χ0) is 11.8. The minimum Gasteiger partial charge on any atom is -0.481 e. The molecule has 0 aliphatic heterocycles. The molecule has 0 saturated heterocycles. The first kappa shape index (κ1) is 14.4. The second-order valence-electron chi connectivity index (χ2n) is 4.74. The summed E-state index contributed by atoms with van der Waals surface area (Å²) in [5, 5.41) is 8.91. The van der Waals surface area contributed by atoms with Crippen molar-refractivity contribution in [2.24, 2.45) is 11.8 Å². The van der Waals surface area contributed by atoms with Crippen LogP contribution in [0.25, 0.3) is 0 Å². The van der Waals surface area contributed by atoms with E-state index in [9.17, 15) is 4.79 Å². The third-order valence-corrected chi connectivity index (χ3v) is 2.70. The van der Waals surface area contributed by atoms with Crippen LogP contribution in [-0.4, -0.2) is 36.1 Å². The maximum absolute atomic E-state index is 10.8. The molecule has 0 spiro atoms. The highest BCUT2D eigenvalue weighted by Gasteiger charge is 2.16. The summed E-state index contributed by atoms with van der Waals surface area (Å²) in [5.74, 6) is -0.151. The van der Waals surface area contributed by atoms with Gasteiger partial charge in [-0.3, -0.25) is 4.79 Å². The van der Waals surface area contributed by atoms with Gasteiger partial charge in [-0.15, -0.1) is 0 Å². The van der Waals surface area contributed by atoms with E-state index in [4.69, 9.17) is 5.11 Å². The van der Waals surface area contributed by atoms with E-state index >= 15 is 0 Å². The number of nitrogens with zero attached hydrogens (tertiary/aromatic N) is 1. The minimum atomic E-state index is -0.673. The number of rotatable bonds is 8. The highest BCUT2D eigenvalue weighted by Crippen LogP contribution is 2.08. The molecule has 1 N–H and O–H groups in total. The topological polar surface area (TPSA) is 40.5 Å². The highest BCUT2D eigenvalue weighted by molar-refractivity contribution is 5.70. The summed E-state index contributed by atoms with van der Waals surface area (Å²) < 4.78 is 0. The lowest BCUT2D eigenvalue weighted by Gasteiger charge is -2.20. The summed E-state index contributed by atoms with van der Waals surface area (Å²) in [6, 6.07) is 0. The lowest BCUT2D eigenvalue weighted by molar-refractivity contribution is -0.142. The standard InChI is InChI=1S/C12H25NO2/c1-5-11(12(14)15)9-13(4)8-6-7-10(2)3/h10-11H,5-9H2,1-4H3,(H,14,15). The van der Waals surface area contributed by atoms with Crippen LogP contribution in [0.15, 0.2) is 0 Å². The van der Waals surface area contributed by atoms with Gasteiger partial charge in [0.15, 0.2) is 0 Å². The van der Waals surface area contributed by atoms with E-state index in [0.29, 0.717) is 13.0 Å². The molecule has 0 amide bonds. The van der Waals surface area contributed by atoms with E-state index in [0.717, 1.165) is 18.9 Å². The van der Waals surface area contributed by atoms with Crippen LogP contribution in [0.3, 0.4) is 0 Å². The summed E-state index contributed by atoms with van der Waals surface area (Å²) in [5.41, 5.74) is 0. The summed E-state index contributed by atoms with van der Waals surface area (Å²) in [6.45, 7) is 8.03. The first-order valence-electron chi connectivity index (χ1n) is 5.88. The Balaban J connectivity index is 3.71. The van der Waals surface area contributed by atoms with E-state index in [1.165, 1.54) is 6.42 Å². The number of carboxylic acid groups (broad SMARTS) is 1. The largest absolute Gasteiger partial charge is 0.481 e. The Hall–Kier alpha value is -0.570. The van der Waals surface area contributed by atoms with Crippen molar-refractivity contribution in [1.82, 2.24) is 4.90 Å². The fourth-order valence-corrected chi connectivity index (χ4v) is 1.62. The molecule has 0 aromatic heterocycles. The van der Waals surface area contributed by atoms with Gasteiger partial charge in [0.2, 0.25) is 0 Å². The Bertz CT molecular complexity index is 180. The molecule has 0 aliphatic rings. The molecule has 0 aliphatic carbocycles. The molecule has 15 heavy (non-hydrogen) atoms. The maximum atomic E-state index is 10.8. The molecule has 90 valence electrons. The highest BCUT2D eigenvalue weighted by atomic mass is 16.4. The number of carbonyl (C=O) groups is 1. The zero-order valence-corrected chi connectivity index (χ0v) is 10.5. The summed E-state index contributed by atoms with van der Waals surface area (Å²) in [4.78, 5) is 13.0. The van der Waals surface area contributed by atoms with Gasteiger partial charge in [0, 0.05) is 6.54 Å². The second kappa shape index (κ2) is 7.69. The first-order chi connectivity index (χ1) is 6.97. The van der Waals surface area contributed by atoms with Crippen LogP contribution in [0.4, 0.5) is 0 Å². The summed E-state index contributed by atoms with van der Waals surface area (Å²) in [6.07, 6.45) is 3.09. The normalized spacial score (nSPS) is 13.5. The average Bonchev–Trinajstić information content (AvgIpc) is 2.13. The molecule has 1 atom stereocenters. The number of hydrogen-bond acceptors (Lipinski definition) is 2. The molecule has 0 bridgehead atoms. The Kier molecular flexibility index (Phi) is 7.39. The predicted molar refractivity (Wildman–Crippen MR) is 63.0 cm³/mol. The van der Waals surface area contributed by atoms with E-state index < -0.39 is 5.97 Å².